The van der Waals surface area contributed by atoms with Gasteiger partial charge in [0.05, 0.1) is 24.8 Å². The van der Waals surface area contributed by atoms with Gasteiger partial charge in [0.25, 0.3) is 0 Å². The summed E-state index contributed by atoms with van der Waals surface area (Å²) in [5.41, 5.74) is 1.70. The Morgan fingerprint density at radius 3 is 2.44 bits per heavy atom. The standard InChI is InChI=1S/C27H35ClN4O2/c1-6-32(7-2)16-10-11-19(3)29-27-21-12-8-9-13-23(21)30-26(31-27)15-14-20-17-24(33-4)25(34-5)18-22(20)28/h8-9,12-15,17-19H,6-7,10-11,16H2,1-5H3,(H,29,30,31)/b15-14+. The first-order valence-corrected chi connectivity index (χ1v) is 12.2. The summed E-state index contributed by atoms with van der Waals surface area (Å²) in [5.74, 6) is 2.67. The maximum absolute atomic E-state index is 6.45. The van der Waals surface area contributed by atoms with E-state index in [-0.39, 0.29) is 0 Å². The van der Waals surface area contributed by atoms with Gasteiger partial charge in [-0.2, -0.15) is 0 Å². The zero-order valence-corrected chi connectivity index (χ0v) is 21.5. The predicted molar refractivity (Wildman–Crippen MR) is 143 cm³/mol. The molecular weight excluding hydrogens is 448 g/mol. The Balaban J connectivity index is 1.82. The van der Waals surface area contributed by atoms with Crippen molar-refractivity contribution in [2.45, 2.75) is 39.7 Å². The number of halogens is 1. The highest BCUT2D eigenvalue weighted by atomic mass is 35.5. The minimum absolute atomic E-state index is 0.297. The molecule has 0 aliphatic heterocycles. The van der Waals surface area contributed by atoms with E-state index in [9.17, 15) is 0 Å². The number of para-hydroxylation sites is 1. The van der Waals surface area contributed by atoms with Gasteiger partial charge in [0.1, 0.15) is 5.82 Å². The molecule has 0 aliphatic rings. The number of benzene rings is 2. The number of hydrogen-bond donors (Lipinski definition) is 1. The number of nitrogens with zero attached hydrogens (tertiary/aromatic N) is 3. The van der Waals surface area contributed by atoms with Crippen LogP contribution in [0.1, 0.15) is 45.0 Å². The summed E-state index contributed by atoms with van der Waals surface area (Å²) in [7, 11) is 3.19. The van der Waals surface area contributed by atoms with Gasteiger partial charge in [0.15, 0.2) is 17.3 Å². The minimum Gasteiger partial charge on any atom is -0.493 e. The van der Waals surface area contributed by atoms with Gasteiger partial charge in [-0.25, -0.2) is 9.97 Å². The number of hydrogen-bond acceptors (Lipinski definition) is 6. The quantitative estimate of drug-likeness (QED) is 0.322. The van der Waals surface area contributed by atoms with Crippen LogP contribution in [0.3, 0.4) is 0 Å². The van der Waals surface area contributed by atoms with E-state index in [4.69, 9.17) is 31.0 Å². The van der Waals surface area contributed by atoms with Gasteiger partial charge in [-0.05, 0) is 75.3 Å². The molecule has 1 aromatic heterocycles. The van der Waals surface area contributed by atoms with Crippen molar-refractivity contribution < 1.29 is 9.47 Å². The fourth-order valence-corrected chi connectivity index (χ4v) is 4.12. The molecule has 0 saturated heterocycles. The third kappa shape index (κ3) is 6.61. The molecule has 34 heavy (non-hydrogen) atoms. The molecular formula is C27H35ClN4O2. The van der Waals surface area contributed by atoms with Gasteiger partial charge < -0.3 is 19.7 Å². The molecule has 0 amide bonds. The first kappa shape index (κ1) is 25.8. The number of methoxy groups -OCH3 is 2. The van der Waals surface area contributed by atoms with E-state index < -0.39 is 0 Å². The van der Waals surface area contributed by atoms with Gasteiger partial charge in [-0.15, -0.1) is 0 Å². The Labute approximate surface area is 208 Å². The molecule has 0 fully saturated rings. The van der Waals surface area contributed by atoms with Crippen LogP contribution in [0, 0.1) is 0 Å². The van der Waals surface area contributed by atoms with Crippen LogP contribution >= 0.6 is 11.6 Å². The second-order valence-electron chi connectivity index (χ2n) is 8.22. The fourth-order valence-electron chi connectivity index (χ4n) is 3.91. The molecule has 3 rings (SSSR count). The molecule has 0 saturated carbocycles. The Morgan fingerprint density at radius 1 is 1.03 bits per heavy atom. The monoisotopic (exact) mass is 482 g/mol. The molecule has 2 aromatic carbocycles. The van der Waals surface area contributed by atoms with Gasteiger partial charge in [0.2, 0.25) is 0 Å². The molecule has 7 heteroatoms. The number of ether oxygens (including phenoxy) is 2. The highest BCUT2D eigenvalue weighted by Gasteiger charge is 2.11. The van der Waals surface area contributed by atoms with Crippen molar-refractivity contribution in [2.24, 2.45) is 0 Å². The van der Waals surface area contributed by atoms with E-state index in [1.807, 2.05) is 36.4 Å². The third-order valence-electron chi connectivity index (χ3n) is 5.92. The summed E-state index contributed by atoms with van der Waals surface area (Å²) in [6.07, 6.45) is 5.98. The maximum Gasteiger partial charge on any atom is 0.162 e. The number of fused-ring (bicyclic) bond motifs is 1. The molecule has 182 valence electrons. The second kappa shape index (κ2) is 12.6. The minimum atomic E-state index is 0.297. The molecule has 0 aliphatic carbocycles. The highest BCUT2D eigenvalue weighted by molar-refractivity contribution is 6.32. The van der Waals surface area contributed by atoms with Crippen LogP contribution in [0.4, 0.5) is 5.82 Å². The zero-order valence-electron chi connectivity index (χ0n) is 20.8. The lowest BCUT2D eigenvalue weighted by molar-refractivity contribution is 0.295. The average Bonchev–Trinajstić information content (AvgIpc) is 2.85. The smallest absolute Gasteiger partial charge is 0.162 e. The molecule has 0 spiro atoms. The van der Waals surface area contributed by atoms with Crippen molar-refractivity contribution in [3.8, 4) is 11.5 Å². The van der Waals surface area contributed by atoms with Gasteiger partial charge in [-0.3, -0.25) is 0 Å². The van der Waals surface area contributed by atoms with Crippen LogP contribution in [0.15, 0.2) is 36.4 Å². The summed E-state index contributed by atoms with van der Waals surface area (Å²) in [6, 6.07) is 12.0. The van der Waals surface area contributed by atoms with Crippen molar-refractivity contribution in [1.29, 1.82) is 0 Å². The second-order valence-corrected chi connectivity index (χ2v) is 8.63. The average molecular weight is 483 g/mol. The molecule has 1 N–H and O–H groups in total. The Kier molecular flexibility index (Phi) is 9.54. The van der Waals surface area contributed by atoms with Crippen molar-refractivity contribution in [3.63, 3.8) is 0 Å². The predicted octanol–water partition coefficient (Wildman–Crippen LogP) is 6.39. The van der Waals surface area contributed by atoms with E-state index in [0.717, 1.165) is 54.8 Å². The number of anilines is 1. The van der Waals surface area contributed by atoms with E-state index in [0.29, 0.717) is 28.4 Å². The van der Waals surface area contributed by atoms with E-state index >= 15 is 0 Å². The molecule has 0 radical (unpaired) electrons. The van der Waals surface area contributed by atoms with Crippen LogP contribution in [0.2, 0.25) is 5.02 Å². The van der Waals surface area contributed by atoms with Crippen LogP contribution in [-0.4, -0.2) is 54.8 Å². The topological polar surface area (TPSA) is 59.5 Å². The lowest BCUT2D eigenvalue weighted by atomic mass is 10.1. The van der Waals surface area contributed by atoms with Crippen molar-refractivity contribution in [2.75, 3.05) is 39.2 Å². The highest BCUT2D eigenvalue weighted by Crippen LogP contribution is 2.34. The summed E-state index contributed by atoms with van der Waals surface area (Å²) < 4.78 is 10.7. The van der Waals surface area contributed by atoms with Gasteiger partial charge in [-0.1, -0.05) is 37.6 Å². The normalized spacial score (nSPS) is 12.4. The third-order valence-corrected chi connectivity index (χ3v) is 6.25. The van der Waals surface area contributed by atoms with Crippen molar-refractivity contribution >= 4 is 40.5 Å². The van der Waals surface area contributed by atoms with Gasteiger partial charge in [0, 0.05) is 17.5 Å². The zero-order chi connectivity index (χ0) is 24.5. The van der Waals surface area contributed by atoms with Gasteiger partial charge >= 0.3 is 0 Å². The molecule has 1 unspecified atom stereocenters. The molecule has 0 bridgehead atoms. The largest absolute Gasteiger partial charge is 0.493 e. The molecule has 6 nitrogen and oxygen atoms in total. The van der Waals surface area contributed by atoms with Crippen molar-refractivity contribution in [1.82, 2.24) is 14.9 Å². The van der Waals surface area contributed by atoms with E-state index in [2.05, 4.69) is 37.1 Å². The van der Waals surface area contributed by atoms with Crippen LogP contribution in [0.25, 0.3) is 23.1 Å². The van der Waals surface area contributed by atoms with Crippen LogP contribution in [0.5, 0.6) is 11.5 Å². The molecule has 1 heterocycles. The number of rotatable bonds is 12. The number of nitrogens with one attached hydrogen (secondary N) is 1. The van der Waals surface area contributed by atoms with E-state index in [1.54, 1.807) is 20.3 Å². The van der Waals surface area contributed by atoms with Crippen molar-refractivity contribution in [3.05, 3.63) is 52.8 Å². The SMILES string of the molecule is CCN(CC)CCCC(C)Nc1nc(/C=C/c2cc(OC)c(OC)cc2Cl)nc2ccccc12. The summed E-state index contributed by atoms with van der Waals surface area (Å²) >= 11 is 6.45. The fraction of sp³-hybridized carbons (Fsp3) is 0.407. The Morgan fingerprint density at radius 2 is 1.74 bits per heavy atom. The van der Waals surface area contributed by atoms with Crippen LogP contribution < -0.4 is 14.8 Å². The Hall–Kier alpha value is -2.83. The maximum atomic E-state index is 6.45. The van der Waals surface area contributed by atoms with E-state index in [1.165, 1.54) is 0 Å². The summed E-state index contributed by atoms with van der Waals surface area (Å²) in [5, 5.41) is 5.19. The summed E-state index contributed by atoms with van der Waals surface area (Å²) in [4.78, 5) is 12.0. The Bertz CT molecular complexity index is 1120. The lowest BCUT2D eigenvalue weighted by Gasteiger charge is -2.20. The lowest BCUT2D eigenvalue weighted by Crippen LogP contribution is -2.25. The van der Waals surface area contributed by atoms with Crippen LogP contribution in [-0.2, 0) is 0 Å². The summed E-state index contributed by atoms with van der Waals surface area (Å²) in [6.45, 7) is 9.93. The molecule has 1 atom stereocenters. The number of aromatic nitrogens is 2. The first-order valence-electron chi connectivity index (χ1n) is 11.8. The first-order chi connectivity index (χ1) is 16.5. The molecule has 3 aromatic rings.